The average molecular weight is 416 g/mol. The highest BCUT2D eigenvalue weighted by Crippen LogP contribution is 2.31. The molecule has 1 N–H and O–H groups in total. The van der Waals surface area contributed by atoms with Crippen molar-refractivity contribution in [3.05, 3.63) is 60.4 Å². The maximum Gasteiger partial charge on any atom is 0.416 e. The minimum absolute atomic E-state index is 0.150. The maximum absolute atomic E-state index is 12.8. The van der Waals surface area contributed by atoms with E-state index in [9.17, 15) is 18.0 Å². The second-order valence-electron chi connectivity index (χ2n) is 7.08. The lowest BCUT2D eigenvalue weighted by molar-refractivity contribution is -0.137. The average Bonchev–Trinajstić information content (AvgIpc) is 3.28. The van der Waals surface area contributed by atoms with E-state index in [1.165, 1.54) is 12.1 Å². The Labute approximate surface area is 170 Å². The van der Waals surface area contributed by atoms with Gasteiger partial charge in [-0.1, -0.05) is 6.07 Å². The van der Waals surface area contributed by atoms with Gasteiger partial charge in [0.2, 0.25) is 5.91 Å². The summed E-state index contributed by atoms with van der Waals surface area (Å²) in [5.74, 6) is 0.806. The number of carbonyl (C=O) groups is 1. The van der Waals surface area contributed by atoms with Crippen LogP contribution in [-0.4, -0.2) is 29.2 Å². The molecule has 1 aromatic carbocycles. The topological polar surface area (TPSA) is 71.3 Å². The fourth-order valence-corrected chi connectivity index (χ4v) is 3.44. The molecule has 1 saturated heterocycles. The Hall–Kier alpha value is -3.36. The van der Waals surface area contributed by atoms with E-state index in [0.29, 0.717) is 43.2 Å². The number of furan rings is 1. The highest BCUT2D eigenvalue weighted by atomic mass is 19.4. The monoisotopic (exact) mass is 416 g/mol. The summed E-state index contributed by atoms with van der Waals surface area (Å²) in [6, 6.07) is 11.9. The second kappa shape index (κ2) is 8.17. The fourth-order valence-electron chi connectivity index (χ4n) is 3.44. The minimum atomic E-state index is -4.44. The third-order valence-electron chi connectivity index (χ3n) is 5.07. The lowest BCUT2D eigenvalue weighted by atomic mass is 9.95. The van der Waals surface area contributed by atoms with Crippen molar-refractivity contribution >= 4 is 17.4 Å². The number of hydrogen-bond acceptors (Lipinski definition) is 5. The number of nitrogens with one attached hydrogen (secondary N) is 1. The van der Waals surface area contributed by atoms with E-state index in [4.69, 9.17) is 4.42 Å². The number of alkyl halides is 3. The van der Waals surface area contributed by atoms with Crippen LogP contribution in [0.5, 0.6) is 0 Å². The summed E-state index contributed by atoms with van der Waals surface area (Å²) < 4.78 is 43.8. The first kappa shape index (κ1) is 19.9. The fraction of sp³-hybridized carbons (Fsp3) is 0.286. The molecule has 3 heterocycles. The van der Waals surface area contributed by atoms with E-state index < -0.39 is 11.7 Å². The van der Waals surface area contributed by atoms with Crippen molar-refractivity contribution < 1.29 is 22.4 Å². The van der Waals surface area contributed by atoms with Crippen molar-refractivity contribution in [2.45, 2.75) is 19.0 Å². The van der Waals surface area contributed by atoms with Gasteiger partial charge < -0.3 is 14.6 Å². The molecule has 0 spiro atoms. The highest BCUT2D eigenvalue weighted by molar-refractivity contribution is 5.92. The second-order valence-corrected chi connectivity index (χ2v) is 7.08. The third-order valence-corrected chi connectivity index (χ3v) is 5.07. The van der Waals surface area contributed by atoms with Gasteiger partial charge in [-0.2, -0.15) is 13.2 Å². The zero-order chi connectivity index (χ0) is 21.1. The van der Waals surface area contributed by atoms with Crippen LogP contribution in [0.25, 0.3) is 11.5 Å². The number of anilines is 2. The molecule has 156 valence electrons. The number of piperidine rings is 1. The quantitative estimate of drug-likeness (QED) is 0.673. The molecule has 0 saturated carbocycles. The van der Waals surface area contributed by atoms with Crippen LogP contribution in [-0.2, 0) is 11.0 Å². The molecule has 1 amide bonds. The Morgan fingerprint density at radius 3 is 2.50 bits per heavy atom. The standard InChI is InChI=1S/C21H19F3N4O2/c22-21(23,24)15-3-1-4-16(13-15)25-20(29)14-8-10-28(11-9-14)19-7-6-17(26-27-19)18-5-2-12-30-18/h1-7,12-14H,8-11H2,(H,25,29). The van der Waals surface area contributed by atoms with Gasteiger partial charge >= 0.3 is 6.18 Å². The predicted molar refractivity (Wildman–Crippen MR) is 105 cm³/mol. The van der Waals surface area contributed by atoms with Crippen molar-refractivity contribution in [2.24, 2.45) is 5.92 Å². The van der Waals surface area contributed by atoms with Crippen LogP contribution in [0.1, 0.15) is 18.4 Å². The first-order valence-corrected chi connectivity index (χ1v) is 9.51. The van der Waals surface area contributed by atoms with Gasteiger partial charge in [0, 0.05) is 24.7 Å². The van der Waals surface area contributed by atoms with Crippen LogP contribution in [0.3, 0.4) is 0 Å². The van der Waals surface area contributed by atoms with Gasteiger partial charge in [0.1, 0.15) is 5.69 Å². The zero-order valence-corrected chi connectivity index (χ0v) is 15.9. The van der Waals surface area contributed by atoms with E-state index in [0.717, 1.165) is 12.1 Å². The Morgan fingerprint density at radius 1 is 1.07 bits per heavy atom. The number of aromatic nitrogens is 2. The van der Waals surface area contributed by atoms with Crippen LogP contribution < -0.4 is 10.2 Å². The molecular weight excluding hydrogens is 397 g/mol. The van der Waals surface area contributed by atoms with E-state index >= 15 is 0 Å². The number of halogens is 3. The van der Waals surface area contributed by atoms with Gasteiger partial charge in [-0.25, -0.2) is 0 Å². The Morgan fingerprint density at radius 2 is 1.87 bits per heavy atom. The van der Waals surface area contributed by atoms with Gasteiger partial charge in [-0.15, -0.1) is 10.2 Å². The number of hydrogen-bond donors (Lipinski definition) is 1. The summed E-state index contributed by atoms with van der Waals surface area (Å²) in [6.45, 7) is 1.21. The van der Waals surface area contributed by atoms with E-state index in [2.05, 4.69) is 15.5 Å². The predicted octanol–water partition coefficient (Wildman–Crippen LogP) is 4.61. The summed E-state index contributed by atoms with van der Waals surface area (Å²) >= 11 is 0. The Kier molecular flexibility index (Phi) is 5.43. The van der Waals surface area contributed by atoms with Crippen LogP contribution in [0, 0.1) is 5.92 Å². The molecule has 0 bridgehead atoms. The summed E-state index contributed by atoms with van der Waals surface area (Å²) in [4.78, 5) is 14.5. The van der Waals surface area contributed by atoms with Crippen molar-refractivity contribution in [3.63, 3.8) is 0 Å². The van der Waals surface area contributed by atoms with Crippen LogP contribution in [0.15, 0.2) is 59.2 Å². The van der Waals surface area contributed by atoms with E-state index in [1.54, 1.807) is 18.4 Å². The summed E-state index contributed by atoms with van der Waals surface area (Å²) in [7, 11) is 0. The number of rotatable bonds is 4. The molecular formula is C21H19F3N4O2. The molecule has 0 aliphatic carbocycles. The lowest BCUT2D eigenvalue weighted by Crippen LogP contribution is -2.38. The molecule has 1 aliphatic heterocycles. The van der Waals surface area contributed by atoms with Crippen LogP contribution in [0.4, 0.5) is 24.7 Å². The molecule has 0 radical (unpaired) electrons. The molecule has 30 heavy (non-hydrogen) atoms. The lowest BCUT2D eigenvalue weighted by Gasteiger charge is -2.31. The van der Waals surface area contributed by atoms with Gasteiger partial charge in [0.25, 0.3) is 0 Å². The largest absolute Gasteiger partial charge is 0.463 e. The molecule has 3 aromatic rings. The van der Waals surface area contributed by atoms with Crippen LogP contribution >= 0.6 is 0 Å². The summed E-state index contributed by atoms with van der Waals surface area (Å²) in [5, 5.41) is 11.0. The van der Waals surface area contributed by atoms with Crippen LogP contribution in [0.2, 0.25) is 0 Å². The number of nitrogens with zero attached hydrogens (tertiary/aromatic N) is 3. The first-order valence-electron chi connectivity index (χ1n) is 9.51. The van der Waals surface area contributed by atoms with Gasteiger partial charge in [0.05, 0.1) is 11.8 Å². The molecule has 0 unspecified atom stereocenters. The molecule has 4 rings (SSSR count). The maximum atomic E-state index is 12.8. The van der Waals surface area contributed by atoms with Gasteiger partial charge in [0.15, 0.2) is 11.6 Å². The molecule has 9 heteroatoms. The molecule has 1 fully saturated rings. The van der Waals surface area contributed by atoms with Crippen molar-refractivity contribution in [3.8, 4) is 11.5 Å². The van der Waals surface area contributed by atoms with E-state index in [-0.39, 0.29) is 17.5 Å². The Balaban J connectivity index is 1.33. The zero-order valence-electron chi connectivity index (χ0n) is 15.9. The molecule has 1 aliphatic rings. The molecule has 0 atom stereocenters. The number of carbonyl (C=O) groups excluding carboxylic acids is 1. The van der Waals surface area contributed by atoms with Gasteiger partial charge in [-0.3, -0.25) is 4.79 Å². The van der Waals surface area contributed by atoms with Gasteiger partial charge in [-0.05, 0) is 55.3 Å². The van der Waals surface area contributed by atoms with Crippen molar-refractivity contribution in [1.29, 1.82) is 0 Å². The normalized spacial score (nSPS) is 15.2. The third kappa shape index (κ3) is 4.45. The molecule has 6 nitrogen and oxygen atoms in total. The minimum Gasteiger partial charge on any atom is -0.463 e. The Bertz CT molecular complexity index is 996. The summed E-state index contributed by atoms with van der Waals surface area (Å²) in [5.41, 5.74) is 0.00225. The van der Waals surface area contributed by atoms with Crippen molar-refractivity contribution in [2.75, 3.05) is 23.3 Å². The molecule has 2 aromatic heterocycles. The summed E-state index contributed by atoms with van der Waals surface area (Å²) in [6.07, 6.45) is -1.72. The highest BCUT2D eigenvalue weighted by Gasteiger charge is 2.31. The smallest absolute Gasteiger partial charge is 0.416 e. The number of amides is 1. The van der Waals surface area contributed by atoms with E-state index in [1.807, 2.05) is 17.0 Å². The number of benzene rings is 1. The first-order chi connectivity index (χ1) is 14.4. The SMILES string of the molecule is O=C(Nc1cccc(C(F)(F)F)c1)C1CCN(c2ccc(-c3ccco3)nn2)CC1. The van der Waals surface area contributed by atoms with Crippen molar-refractivity contribution in [1.82, 2.24) is 10.2 Å².